The van der Waals surface area contributed by atoms with Gasteiger partial charge in [-0.2, -0.15) is 5.26 Å². The normalized spacial score (nSPS) is 19.6. The van der Waals surface area contributed by atoms with Gasteiger partial charge < -0.3 is 10.5 Å². The summed E-state index contributed by atoms with van der Waals surface area (Å²) in [6, 6.07) is 18.2. The lowest BCUT2D eigenvalue weighted by Gasteiger charge is -2.40. The lowest BCUT2D eigenvalue weighted by atomic mass is 9.63. The minimum atomic E-state index is -0.961. The molecule has 0 saturated heterocycles. The Morgan fingerprint density at radius 1 is 1.00 bits per heavy atom. The fraction of sp³-hybridized carbons (Fsp3) is 0.182. The fourth-order valence-electron chi connectivity index (χ4n) is 4.74. The van der Waals surface area contributed by atoms with Gasteiger partial charge in [-0.25, -0.2) is 0 Å². The van der Waals surface area contributed by atoms with Crippen LogP contribution in [0.4, 0.5) is 0 Å². The van der Waals surface area contributed by atoms with Crippen molar-refractivity contribution in [2.75, 3.05) is 0 Å². The summed E-state index contributed by atoms with van der Waals surface area (Å²) in [4.78, 5) is 13.1. The summed E-state index contributed by atoms with van der Waals surface area (Å²) < 4.78 is 5.77. The number of hydrogen-bond donors (Lipinski definition) is 1. The smallest absolute Gasteiger partial charge is 0.205 e. The van der Waals surface area contributed by atoms with E-state index in [1.807, 2.05) is 48.5 Å². The molecule has 0 saturated carbocycles. The van der Waals surface area contributed by atoms with E-state index < -0.39 is 5.41 Å². The number of benzene rings is 2. The van der Waals surface area contributed by atoms with Crippen LogP contribution in [0.1, 0.15) is 30.4 Å². The molecule has 0 atom stereocenters. The third kappa shape index (κ3) is 1.60. The summed E-state index contributed by atoms with van der Waals surface area (Å²) in [7, 11) is 0. The SMILES string of the molecule is N#CC1=C(N)OC2=C(C(=O)CCC2)C12c1ccccc1-c1ccccc12. The number of carbonyl (C=O) groups excluding carboxylic acids is 1. The minimum absolute atomic E-state index is 0.0398. The van der Waals surface area contributed by atoms with Gasteiger partial charge in [-0.3, -0.25) is 4.79 Å². The van der Waals surface area contributed by atoms with Crippen molar-refractivity contribution >= 4 is 5.78 Å². The van der Waals surface area contributed by atoms with E-state index in [0.717, 1.165) is 28.7 Å². The van der Waals surface area contributed by atoms with Crippen LogP contribution in [-0.2, 0) is 14.9 Å². The Morgan fingerprint density at radius 3 is 2.23 bits per heavy atom. The molecule has 0 unspecified atom stereocenters. The van der Waals surface area contributed by atoms with Gasteiger partial charge in [-0.15, -0.1) is 0 Å². The summed E-state index contributed by atoms with van der Waals surface area (Å²) in [5, 5.41) is 10.0. The van der Waals surface area contributed by atoms with Gasteiger partial charge in [0.25, 0.3) is 0 Å². The van der Waals surface area contributed by atoms with Gasteiger partial charge in [0.2, 0.25) is 5.88 Å². The predicted octanol–water partition coefficient (Wildman–Crippen LogP) is 3.68. The van der Waals surface area contributed by atoms with E-state index in [2.05, 4.69) is 6.07 Å². The Balaban J connectivity index is 2.00. The Hall–Kier alpha value is -3.32. The van der Waals surface area contributed by atoms with E-state index in [9.17, 15) is 10.1 Å². The maximum atomic E-state index is 13.1. The number of ketones is 1. The number of nitriles is 1. The molecule has 0 radical (unpaired) electrons. The summed E-state index contributed by atoms with van der Waals surface area (Å²) in [6.45, 7) is 0. The number of fused-ring (bicyclic) bond motifs is 6. The molecule has 1 heterocycles. The first-order valence-corrected chi connectivity index (χ1v) is 8.74. The van der Waals surface area contributed by atoms with Crippen molar-refractivity contribution in [1.29, 1.82) is 5.26 Å². The lowest BCUT2D eigenvalue weighted by Crippen LogP contribution is -2.41. The van der Waals surface area contributed by atoms with E-state index in [1.54, 1.807) is 0 Å². The largest absolute Gasteiger partial charge is 0.444 e. The molecule has 2 N–H and O–H groups in total. The molecule has 1 spiro atoms. The third-order valence-electron chi connectivity index (χ3n) is 5.66. The minimum Gasteiger partial charge on any atom is -0.444 e. The number of rotatable bonds is 0. The quantitative estimate of drug-likeness (QED) is 0.793. The monoisotopic (exact) mass is 340 g/mol. The van der Waals surface area contributed by atoms with Gasteiger partial charge in [0.15, 0.2) is 5.78 Å². The number of carbonyl (C=O) groups is 1. The van der Waals surface area contributed by atoms with Crippen molar-refractivity contribution in [2.45, 2.75) is 24.7 Å². The maximum absolute atomic E-state index is 13.1. The summed E-state index contributed by atoms with van der Waals surface area (Å²) in [5.41, 5.74) is 10.1. The molecule has 26 heavy (non-hydrogen) atoms. The number of allylic oxidation sites excluding steroid dienone is 3. The van der Waals surface area contributed by atoms with Crippen molar-refractivity contribution in [1.82, 2.24) is 0 Å². The summed E-state index contributed by atoms with van der Waals surface area (Å²) in [6.07, 6.45) is 1.87. The molecule has 5 rings (SSSR count). The molecule has 2 aromatic carbocycles. The van der Waals surface area contributed by atoms with Crippen LogP contribution in [0.15, 0.2) is 71.3 Å². The Morgan fingerprint density at radius 2 is 1.62 bits per heavy atom. The standard InChI is InChI=1S/C22H16N2O2/c23-12-17-21(24)26-19-11-5-10-18(25)20(19)22(17)15-8-3-1-6-13(15)14-7-2-4-9-16(14)22/h1-4,6-9H,5,10-11,24H2. The second-order valence-electron chi connectivity index (χ2n) is 6.87. The molecule has 0 aromatic heterocycles. The van der Waals surface area contributed by atoms with Gasteiger partial charge in [-0.1, -0.05) is 48.5 Å². The average molecular weight is 340 g/mol. The lowest BCUT2D eigenvalue weighted by molar-refractivity contribution is -0.117. The molecule has 1 aliphatic heterocycles. The highest BCUT2D eigenvalue weighted by Gasteiger charge is 2.56. The zero-order chi connectivity index (χ0) is 17.9. The van der Waals surface area contributed by atoms with Crippen molar-refractivity contribution < 1.29 is 9.53 Å². The van der Waals surface area contributed by atoms with Crippen LogP contribution in [0.5, 0.6) is 0 Å². The first-order chi connectivity index (χ1) is 12.7. The molecule has 0 bridgehead atoms. The Kier molecular flexibility index (Phi) is 2.93. The molecule has 0 amide bonds. The van der Waals surface area contributed by atoms with Crippen LogP contribution >= 0.6 is 0 Å². The number of Topliss-reactive ketones (excluding diaryl/α,β-unsaturated/α-hetero) is 1. The number of nitrogens with zero attached hydrogens (tertiary/aromatic N) is 1. The van der Waals surface area contributed by atoms with E-state index in [4.69, 9.17) is 10.5 Å². The molecule has 4 nitrogen and oxygen atoms in total. The first-order valence-electron chi connectivity index (χ1n) is 8.74. The first kappa shape index (κ1) is 15.0. The van der Waals surface area contributed by atoms with Gasteiger partial charge in [0.05, 0.1) is 11.0 Å². The van der Waals surface area contributed by atoms with E-state index in [-0.39, 0.29) is 11.7 Å². The highest BCUT2D eigenvalue weighted by Crippen LogP contribution is 2.59. The maximum Gasteiger partial charge on any atom is 0.205 e. The molecular weight excluding hydrogens is 324 g/mol. The second-order valence-corrected chi connectivity index (χ2v) is 6.87. The molecule has 2 aromatic rings. The van der Waals surface area contributed by atoms with Gasteiger partial charge >= 0.3 is 0 Å². The van der Waals surface area contributed by atoms with Crippen LogP contribution in [0, 0.1) is 11.3 Å². The Labute approximate surface area is 151 Å². The highest BCUT2D eigenvalue weighted by molar-refractivity contribution is 6.05. The number of hydrogen-bond acceptors (Lipinski definition) is 4. The predicted molar refractivity (Wildman–Crippen MR) is 96.5 cm³/mol. The van der Waals surface area contributed by atoms with Crippen LogP contribution in [0.3, 0.4) is 0 Å². The van der Waals surface area contributed by atoms with Crippen LogP contribution in [0.25, 0.3) is 11.1 Å². The molecule has 4 heteroatoms. The van der Waals surface area contributed by atoms with Crippen molar-refractivity contribution in [2.24, 2.45) is 5.73 Å². The summed E-state index contributed by atoms with van der Waals surface area (Å²) in [5.74, 6) is 0.759. The topological polar surface area (TPSA) is 76.1 Å². The molecule has 0 fully saturated rings. The fourth-order valence-corrected chi connectivity index (χ4v) is 4.74. The van der Waals surface area contributed by atoms with Gasteiger partial charge in [-0.05, 0) is 28.7 Å². The molecule has 2 aliphatic carbocycles. The highest BCUT2D eigenvalue weighted by atomic mass is 16.5. The zero-order valence-corrected chi connectivity index (χ0v) is 14.1. The number of ether oxygens (including phenoxy) is 1. The van der Waals surface area contributed by atoms with Crippen molar-refractivity contribution in [3.05, 3.63) is 82.4 Å². The van der Waals surface area contributed by atoms with E-state index in [0.29, 0.717) is 29.7 Å². The van der Waals surface area contributed by atoms with E-state index in [1.165, 1.54) is 0 Å². The van der Waals surface area contributed by atoms with Crippen LogP contribution < -0.4 is 5.73 Å². The zero-order valence-electron chi connectivity index (χ0n) is 14.1. The van der Waals surface area contributed by atoms with Crippen LogP contribution in [0.2, 0.25) is 0 Å². The van der Waals surface area contributed by atoms with Gasteiger partial charge in [0.1, 0.15) is 17.4 Å². The second kappa shape index (κ2) is 5.09. The average Bonchev–Trinajstić information content (AvgIpc) is 2.94. The number of nitrogens with two attached hydrogens (primary N) is 1. The summed E-state index contributed by atoms with van der Waals surface area (Å²) >= 11 is 0. The van der Waals surface area contributed by atoms with Gasteiger partial charge in [0, 0.05) is 12.8 Å². The van der Waals surface area contributed by atoms with E-state index >= 15 is 0 Å². The molecular formula is C22H16N2O2. The molecule has 3 aliphatic rings. The Bertz CT molecular complexity index is 1040. The van der Waals surface area contributed by atoms with Crippen molar-refractivity contribution in [3.8, 4) is 17.2 Å². The van der Waals surface area contributed by atoms with Crippen LogP contribution in [-0.4, -0.2) is 5.78 Å². The van der Waals surface area contributed by atoms with Crippen molar-refractivity contribution in [3.63, 3.8) is 0 Å². The molecule has 126 valence electrons. The third-order valence-corrected chi connectivity index (χ3v) is 5.66.